The number of nitrogens with two attached hydrogens (primary N) is 1. The molecule has 3 aliphatic rings. The maximum Gasteiger partial charge on any atom is 0.246 e. The van der Waals surface area contributed by atoms with Crippen molar-refractivity contribution in [2.45, 2.75) is 18.9 Å². The van der Waals surface area contributed by atoms with Gasteiger partial charge in [-0.25, -0.2) is 0 Å². The van der Waals surface area contributed by atoms with Crippen LogP contribution in [0.4, 0.5) is 0 Å². The van der Waals surface area contributed by atoms with E-state index >= 15 is 0 Å². The molecule has 0 aromatic heterocycles. The van der Waals surface area contributed by atoms with Gasteiger partial charge in [0.1, 0.15) is 6.61 Å². The van der Waals surface area contributed by atoms with Gasteiger partial charge < -0.3 is 20.7 Å². The summed E-state index contributed by atoms with van der Waals surface area (Å²) in [6.07, 6.45) is 2.43. The van der Waals surface area contributed by atoms with E-state index in [9.17, 15) is 4.79 Å². The van der Waals surface area contributed by atoms with E-state index in [1.807, 2.05) is 0 Å². The number of piperidine rings is 3. The number of carbonyl (C=O) groups excluding carboxylic acids is 1. The number of hydrogen-bond donors (Lipinski definition) is 2. The molecule has 3 aliphatic heterocycles. The number of ether oxygens (including phenoxy) is 1. The van der Waals surface area contributed by atoms with Crippen molar-refractivity contribution in [2.24, 2.45) is 11.7 Å². The minimum atomic E-state index is -0.00722. The number of nitrogens with one attached hydrogen (secondary N) is 1. The van der Waals surface area contributed by atoms with Crippen molar-refractivity contribution in [1.82, 2.24) is 10.2 Å². The molecule has 2 bridgehead atoms. The lowest BCUT2D eigenvalue weighted by atomic mass is 9.84. The van der Waals surface area contributed by atoms with Crippen LogP contribution >= 0.6 is 0 Å². The molecule has 3 saturated heterocycles. The number of carbonyl (C=O) groups is 1. The van der Waals surface area contributed by atoms with Crippen LogP contribution < -0.4 is 11.1 Å². The lowest BCUT2D eigenvalue weighted by Crippen LogP contribution is -2.57. The SMILES string of the molecule is NCCOCC(=O)NC1CN2CCC1CC2. The lowest BCUT2D eigenvalue weighted by molar-refractivity contribution is -0.127. The molecule has 3 N–H and O–H groups in total. The predicted molar refractivity (Wildman–Crippen MR) is 61.0 cm³/mol. The normalized spacial score (nSPS) is 32.7. The first kappa shape index (κ1) is 11.8. The Morgan fingerprint density at radius 1 is 1.44 bits per heavy atom. The average Bonchev–Trinajstić information content (AvgIpc) is 2.31. The van der Waals surface area contributed by atoms with Crippen molar-refractivity contribution >= 4 is 5.91 Å². The molecule has 5 heteroatoms. The molecule has 3 rings (SSSR count). The summed E-state index contributed by atoms with van der Waals surface area (Å²) >= 11 is 0. The van der Waals surface area contributed by atoms with Crippen LogP contribution in [0.1, 0.15) is 12.8 Å². The summed E-state index contributed by atoms with van der Waals surface area (Å²) in [5.74, 6) is 0.663. The number of fused-ring (bicyclic) bond motifs is 3. The fourth-order valence-electron chi connectivity index (χ4n) is 2.63. The third-order valence-electron chi connectivity index (χ3n) is 3.50. The van der Waals surface area contributed by atoms with Crippen LogP contribution in [0.25, 0.3) is 0 Å². The molecule has 1 atom stereocenters. The fourth-order valence-corrected chi connectivity index (χ4v) is 2.63. The average molecular weight is 227 g/mol. The first-order chi connectivity index (χ1) is 7.79. The molecule has 3 heterocycles. The molecule has 0 spiro atoms. The molecule has 3 fully saturated rings. The van der Waals surface area contributed by atoms with Crippen molar-refractivity contribution < 1.29 is 9.53 Å². The molecule has 92 valence electrons. The zero-order valence-electron chi connectivity index (χ0n) is 9.65. The highest BCUT2D eigenvalue weighted by atomic mass is 16.5. The zero-order valence-corrected chi connectivity index (χ0v) is 9.65. The Morgan fingerprint density at radius 3 is 2.75 bits per heavy atom. The maximum atomic E-state index is 11.6. The molecule has 5 nitrogen and oxygen atoms in total. The van der Waals surface area contributed by atoms with Crippen LogP contribution in [0, 0.1) is 5.92 Å². The van der Waals surface area contributed by atoms with Crippen molar-refractivity contribution in [3.63, 3.8) is 0 Å². The molecule has 0 radical (unpaired) electrons. The van der Waals surface area contributed by atoms with E-state index in [1.54, 1.807) is 0 Å². The number of nitrogens with zero attached hydrogens (tertiary/aromatic N) is 1. The molecular formula is C11H21N3O2. The second-order valence-corrected chi connectivity index (χ2v) is 4.65. The lowest BCUT2D eigenvalue weighted by Gasteiger charge is -2.44. The Labute approximate surface area is 96.3 Å². The van der Waals surface area contributed by atoms with Crippen molar-refractivity contribution in [3.05, 3.63) is 0 Å². The summed E-state index contributed by atoms with van der Waals surface area (Å²) in [6, 6.07) is 0.330. The Bertz CT molecular complexity index is 239. The summed E-state index contributed by atoms with van der Waals surface area (Å²) in [5, 5.41) is 3.06. The number of rotatable bonds is 5. The predicted octanol–water partition coefficient (Wildman–Crippen LogP) is -0.828. The Balaban J connectivity index is 1.70. The molecule has 0 aliphatic carbocycles. The zero-order chi connectivity index (χ0) is 11.4. The van der Waals surface area contributed by atoms with Crippen LogP contribution in [-0.4, -0.2) is 56.2 Å². The van der Waals surface area contributed by atoms with Gasteiger partial charge in [0, 0.05) is 19.1 Å². The summed E-state index contributed by atoms with van der Waals surface area (Å²) < 4.78 is 5.12. The summed E-state index contributed by atoms with van der Waals surface area (Å²) in [6.45, 7) is 4.45. The van der Waals surface area contributed by atoms with Crippen molar-refractivity contribution in [3.8, 4) is 0 Å². The van der Waals surface area contributed by atoms with Crippen molar-refractivity contribution in [2.75, 3.05) is 39.4 Å². The first-order valence-electron chi connectivity index (χ1n) is 6.09. The van der Waals surface area contributed by atoms with E-state index in [-0.39, 0.29) is 12.5 Å². The largest absolute Gasteiger partial charge is 0.370 e. The summed E-state index contributed by atoms with van der Waals surface area (Å²) in [4.78, 5) is 14.0. The van der Waals surface area contributed by atoms with E-state index in [4.69, 9.17) is 10.5 Å². The van der Waals surface area contributed by atoms with Gasteiger partial charge in [-0.05, 0) is 31.8 Å². The van der Waals surface area contributed by atoms with Gasteiger partial charge in [0.25, 0.3) is 0 Å². The van der Waals surface area contributed by atoms with E-state index < -0.39 is 0 Å². The highest BCUT2D eigenvalue weighted by molar-refractivity contribution is 5.77. The van der Waals surface area contributed by atoms with Gasteiger partial charge in [-0.15, -0.1) is 0 Å². The Morgan fingerprint density at radius 2 is 2.19 bits per heavy atom. The first-order valence-corrected chi connectivity index (χ1v) is 6.09. The Hall–Kier alpha value is -0.650. The summed E-state index contributed by atoms with van der Waals surface area (Å²) in [5.41, 5.74) is 5.29. The van der Waals surface area contributed by atoms with Gasteiger partial charge in [-0.2, -0.15) is 0 Å². The minimum absolute atomic E-state index is 0.00722. The van der Waals surface area contributed by atoms with E-state index in [0.29, 0.717) is 25.1 Å². The molecule has 0 aromatic carbocycles. The molecule has 0 saturated carbocycles. The molecule has 1 amide bonds. The summed E-state index contributed by atoms with van der Waals surface area (Å²) in [7, 11) is 0. The van der Waals surface area contributed by atoms with Crippen molar-refractivity contribution in [1.29, 1.82) is 0 Å². The quantitative estimate of drug-likeness (QED) is 0.602. The third-order valence-corrected chi connectivity index (χ3v) is 3.50. The van der Waals surface area contributed by atoms with Gasteiger partial charge >= 0.3 is 0 Å². The molecule has 1 unspecified atom stereocenters. The van der Waals surface area contributed by atoms with Gasteiger partial charge in [0.2, 0.25) is 5.91 Å². The minimum Gasteiger partial charge on any atom is -0.370 e. The van der Waals surface area contributed by atoms with Gasteiger partial charge in [-0.1, -0.05) is 0 Å². The highest BCUT2D eigenvalue weighted by Gasteiger charge is 2.34. The standard InChI is InChI=1S/C11H21N3O2/c12-3-6-16-8-11(15)13-10-7-14-4-1-9(10)2-5-14/h9-10H,1-8,12H2,(H,13,15). The van der Waals surface area contributed by atoms with Crippen LogP contribution in [0.15, 0.2) is 0 Å². The van der Waals surface area contributed by atoms with Crippen LogP contribution in [0.3, 0.4) is 0 Å². The smallest absolute Gasteiger partial charge is 0.246 e. The topological polar surface area (TPSA) is 67.6 Å². The van der Waals surface area contributed by atoms with Crippen LogP contribution in [-0.2, 0) is 9.53 Å². The van der Waals surface area contributed by atoms with Crippen LogP contribution in [0.2, 0.25) is 0 Å². The third kappa shape index (κ3) is 2.93. The second kappa shape index (κ2) is 5.61. The monoisotopic (exact) mass is 227 g/mol. The second-order valence-electron chi connectivity index (χ2n) is 4.65. The molecular weight excluding hydrogens is 206 g/mol. The number of amides is 1. The maximum absolute atomic E-state index is 11.6. The Kier molecular flexibility index (Phi) is 4.15. The van der Waals surface area contributed by atoms with Crippen LogP contribution in [0.5, 0.6) is 0 Å². The van der Waals surface area contributed by atoms with E-state index in [1.165, 1.54) is 25.9 Å². The van der Waals surface area contributed by atoms with Gasteiger partial charge in [-0.3, -0.25) is 4.79 Å². The highest BCUT2D eigenvalue weighted by Crippen LogP contribution is 2.27. The van der Waals surface area contributed by atoms with E-state index in [2.05, 4.69) is 10.2 Å². The fraction of sp³-hybridized carbons (Fsp3) is 0.909. The molecule has 0 aromatic rings. The number of hydrogen-bond acceptors (Lipinski definition) is 4. The van der Waals surface area contributed by atoms with Gasteiger partial charge in [0.15, 0.2) is 0 Å². The molecule has 16 heavy (non-hydrogen) atoms. The van der Waals surface area contributed by atoms with E-state index in [0.717, 1.165) is 6.54 Å². The van der Waals surface area contributed by atoms with Gasteiger partial charge in [0.05, 0.1) is 6.61 Å².